The van der Waals surface area contributed by atoms with Gasteiger partial charge in [0.15, 0.2) is 0 Å². The fourth-order valence-corrected chi connectivity index (χ4v) is 3.57. The highest BCUT2D eigenvalue weighted by atomic mass is 35.5. The first-order chi connectivity index (χ1) is 13.9. The summed E-state index contributed by atoms with van der Waals surface area (Å²) in [5.41, 5.74) is 0.524. The number of benzene rings is 2. The molecule has 152 valence electrons. The molecule has 0 radical (unpaired) electrons. The van der Waals surface area contributed by atoms with E-state index in [1.165, 1.54) is 24.3 Å². The molecule has 1 aromatic heterocycles. The average molecular weight is 438 g/mol. The molecule has 0 atom stereocenters. The SMILES string of the molecule is CCCN(Cc1nc2cc(Cl)ccc2c(=O)[nH]1)C(=O)c1ccc(SC(F)F)cc1. The number of rotatable bonds is 7. The predicted octanol–water partition coefficient (Wildman–Crippen LogP) is 4.94. The molecule has 0 saturated carbocycles. The third-order valence-electron chi connectivity index (χ3n) is 4.17. The van der Waals surface area contributed by atoms with Gasteiger partial charge in [-0.1, -0.05) is 30.3 Å². The Morgan fingerprint density at radius 1 is 1.24 bits per heavy atom. The summed E-state index contributed by atoms with van der Waals surface area (Å²) < 4.78 is 24.9. The molecule has 1 amide bonds. The minimum Gasteiger partial charge on any atom is -0.331 e. The van der Waals surface area contributed by atoms with E-state index in [9.17, 15) is 18.4 Å². The molecule has 0 bridgehead atoms. The number of aromatic amines is 1. The zero-order valence-electron chi connectivity index (χ0n) is 15.5. The summed E-state index contributed by atoms with van der Waals surface area (Å²) in [5.74, 6) is -2.44. The summed E-state index contributed by atoms with van der Waals surface area (Å²) in [6.07, 6.45) is 0.703. The minimum absolute atomic E-state index is 0.109. The summed E-state index contributed by atoms with van der Waals surface area (Å²) in [7, 11) is 0. The van der Waals surface area contributed by atoms with E-state index in [0.717, 1.165) is 0 Å². The normalized spacial score (nSPS) is 11.2. The summed E-state index contributed by atoms with van der Waals surface area (Å²) in [6, 6.07) is 10.8. The molecule has 2 aromatic carbocycles. The Morgan fingerprint density at radius 2 is 1.97 bits per heavy atom. The highest BCUT2D eigenvalue weighted by Gasteiger charge is 2.18. The standard InChI is InChI=1S/C20H18ClF2N3O2S/c1-2-9-26(19(28)12-3-6-14(7-4-12)29-20(22)23)11-17-24-16-10-13(21)5-8-15(16)18(27)25-17/h3-8,10,20H,2,9,11H2,1H3,(H,24,25,27). The summed E-state index contributed by atoms with van der Waals surface area (Å²) in [6.45, 7) is 2.49. The predicted molar refractivity (Wildman–Crippen MR) is 111 cm³/mol. The Labute approximate surface area is 175 Å². The second kappa shape index (κ2) is 9.37. The van der Waals surface area contributed by atoms with Crippen molar-refractivity contribution in [2.24, 2.45) is 0 Å². The second-order valence-corrected chi connectivity index (χ2v) is 7.80. The topological polar surface area (TPSA) is 66.1 Å². The van der Waals surface area contributed by atoms with Crippen molar-refractivity contribution in [1.29, 1.82) is 0 Å². The van der Waals surface area contributed by atoms with Gasteiger partial charge in [0, 0.05) is 22.0 Å². The molecule has 9 heteroatoms. The highest BCUT2D eigenvalue weighted by molar-refractivity contribution is 7.99. The maximum Gasteiger partial charge on any atom is 0.288 e. The lowest BCUT2D eigenvalue weighted by Crippen LogP contribution is -2.32. The van der Waals surface area contributed by atoms with Crippen LogP contribution < -0.4 is 5.56 Å². The van der Waals surface area contributed by atoms with Crippen LogP contribution in [-0.2, 0) is 6.54 Å². The van der Waals surface area contributed by atoms with Gasteiger partial charge in [0.2, 0.25) is 0 Å². The number of nitrogens with zero attached hydrogens (tertiary/aromatic N) is 2. The van der Waals surface area contributed by atoms with Crippen molar-refractivity contribution in [3.63, 3.8) is 0 Å². The Hall–Kier alpha value is -2.45. The smallest absolute Gasteiger partial charge is 0.288 e. The van der Waals surface area contributed by atoms with E-state index in [4.69, 9.17) is 11.6 Å². The van der Waals surface area contributed by atoms with Gasteiger partial charge >= 0.3 is 0 Å². The fraction of sp³-hybridized carbons (Fsp3) is 0.250. The number of hydrogen-bond acceptors (Lipinski definition) is 4. The molecule has 0 fully saturated rings. The van der Waals surface area contributed by atoms with E-state index >= 15 is 0 Å². The minimum atomic E-state index is -2.52. The molecular weight excluding hydrogens is 420 g/mol. The average Bonchev–Trinajstić information content (AvgIpc) is 2.67. The van der Waals surface area contributed by atoms with Gasteiger partial charge < -0.3 is 9.88 Å². The van der Waals surface area contributed by atoms with E-state index in [0.29, 0.717) is 56.9 Å². The Morgan fingerprint density at radius 3 is 2.62 bits per heavy atom. The quantitative estimate of drug-likeness (QED) is 0.531. The van der Waals surface area contributed by atoms with Crippen molar-refractivity contribution in [3.05, 3.63) is 69.2 Å². The first-order valence-corrected chi connectivity index (χ1v) is 10.2. The molecule has 3 aromatic rings. The van der Waals surface area contributed by atoms with Crippen LogP contribution in [0.15, 0.2) is 52.2 Å². The zero-order valence-corrected chi connectivity index (χ0v) is 17.1. The Kier molecular flexibility index (Phi) is 6.87. The number of thioether (sulfide) groups is 1. The van der Waals surface area contributed by atoms with Gasteiger partial charge in [-0.3, -0.25) is 9.59 Å². The number of nitrogens with one attached hydrogen (secondary N) is 1. The zero-order chi connectivity index (χ0) is 21.0. The van der Waals surface area contributed by atoms with Crippen LogP contribution in [0.3, 0.4) is 0 Å². The number of carbonyl (C=O) groups excluding carboxylic acids is 1. The van der Waals surface area contributed by atoms with Gasteiger partial charge in [0.25, 0.3) is 17.2 Å². The molecule has 0 aliphatic rings. The van der Waals surface area contributed by atoms with Crippen LogP contribution in [0.4, 0.5) is 8.78 Å². The number of carbonyl (C=O) groups is 1. The van der Waals surface area contributed by atoms with Gasteiger partial charge in [-0.05, 0) is 48.9 Å². The van der Waals surface area contributed by atoms with Crippen LogP contribution in [0.5, 0.6) is 0 Å². The molecule has 0 unspecified atom stereocenters. The number of halogens is 3. The fourth-order valence-electron chi connectivity index (χ4n) is 2.90. The monoisotopic (exact) mass is 437 g/mol. The lowest BCUT2D eigenvalue weighted by Gasteiger charge is -2.22. The lowest BCUT2D eigenvalue weighted by atomic mass is 10.2. The number of aromatic nitrogens is 2. The number of hydrogen-bond donors (Lipinski definition) is 1. The molecule has 0 aliphatic carbocycles. The molecule has 0 spiro atoms. The van der Waals surface area contributed by atoms with Gasteiger partial charge in [-0.15, -0.1) is 0 Å². The van der Waals surface area contributed by atoms with E-state index < -0.39 is 5.76 Å². The molecule has 1 N–H and O–H groups in total. The first-order valence-electron chi connectivity index (χ1n) is 8.90. The van der Waals surface area contributed by atoms with E-state index in [1.807, 2.05) is 6.92 Å². The van der Waals surface area contributed by atoms with Crippen LogP contribution in [0.1, 0.15) is 29.5 Å². The third-order valence-corrected chi connectivity index (χ3v) is 5.12. The number of alkyl halides is 2. The molecule has 5 nitrogen and oxygen atoms in total. The van der Waals surface area contributed by atoms with Crippen molar-refractivity contribution in [1.82, 2.24) is 14.9 Å². The van der Waals surface area contributed by atoms with Gasteiger partial charge in [0.05, 0.1) is 17.4 Å². The van der Waals surface area contributed by atoms with Crippen molar-refractivity contribution in [2.75, 3.05) is 6.54 Å². The maximum absolute atomic E-state index is 12.9. The molecule has 0 saturated heterocycles. The summed E-state index contributed by atoms with van der Waals surface area (Å²) >= 11 is 6.41. The third kappa shape index (κ3) is 5.33. The largest absolute Gasteiger partial charge is 0.331 e. The summed E-state index contributed by atoms with van der Waals surface area (Å²) in [4.78, 5) is 34.3. The molecule has 1 heterocycles. The number of fused-ring (bicyclic) bond motifs is 1. The van der Waals surface area contributed by atoms with Crippen LogP contribution >= 0.6 is 23.4 Å². The number of H-pyrrole nitrogens is 1. The second-order valence-electron chi connectivity index (χ2n) is 6.30. The Bertz CT molecular complexity index is 1070. The molecule has 3 rings (SSSR count). The van der Waals surface area contributed by atoms with E-state index in [-0.39, 0.29) is 18.0 Å². The van der Waals surface area contributed by atoms with Crippen LogP contribution in [0.2, 0.25) is 5.02 Å². The van der Waals surface area contributed by atoms with Crippen LogP contribution in [-0.4, -0.2) is 33.1 Å². The molecule has 29 heavy (non-hydrogen) atoms. The maximum atomic E-state index is 12.9. The number of amides is 1. The van der Waals surface area contributed by atoms with Gasteiger partial charge in [-0.25, -0.2) is 4.98 Å². The van der Waals surface area contributed by atoms with Crippen molar-refractivity contribution in [3.8, 4) is 0 Å². The van der Waals surface area contributed by atoms with Gasteiger partial charge in [0.1, 0.15) is 5.82 Å². The van der Waals surface area contributed by atoms with Crippen LogP contribution in [0, 0.1) is 0 Å². The van der Waals surface area contributed by atoms with E-state index in [2.05, 4.69) is 9.97 Å². The van der Waals surface area contributed by atoms with E-state index in [1.54, 1.807) is 23.1 Å². The van der Waals surface area contributed by atoms with Crippen LogP contribution in [0.25, 0.3) is 10.9 Å². The van der Waals surface area contributed by atoms with Crippen molar-refractivity contribution < 1.29 is 13.6 Å². The first kappa shape index (κ1) is 21.3. The Balaban J connectivity index is 1.85. The highest BCUT2D eigenvalue weighted by Crippen LogP contribution is 2.25. The molecule has 0 aliphatic heterocycles. The van der Waals surface area contributed by atoms with Gasteiger partial charge in [-0.2, -0.15) is 8.78 Å². The molecular formula is C20H18ClF2N3O2S. The summed E-state index contributed by atoms with van der Waals surface area (Å²) in [5, 5.41) is 0.878. The lowest BCUT2D eigenvalue weighted by molar-refractivity contribution is 0.0739. The van der Waals surface area contributed by atoms with Crippen molar-refractivity contribution in [2.45, 2.75) is 30.5 Å². The van der Waals surface area contributed by atoms with Crippen molar-refractivity contribution >= 4 is 40.2 Å².